The van der Waals surface area contributed by atoms with Gasteiger partial charge in [0, 0.05) is 54.9 Å². The third-order valence-electron chi connectivity index (χ3n) is 6.05. The Balaban J connectivity index is 1.42. The molecule has 0 saturated heterocycles. The maximum Gasteiger partial charge on any atom is 0.113 e. The molecular formula is C26H17N3S3. The molecule has 6 heterocycles. The van der Waals surface area contributed by atoms with Crippen LogP contribution in [-0.4, -0.2) is 14.5 Å². The summed E-state index contributed by atoms with van der Waals surface area (Å²) < 4.78 is 7.85. The average Bonchev–Trinajstić information content (AvgIpc) is 3.54. The number of rotatable bonds is 2. The van der Waals surface area contributed by atoms with Crippen LogP contribution < -0.4 is 0 Å². The summed E-state index contributed by atoms with van der Waals surface area (Å²) in [6.45, 7) is 2.19. The standard InChI is InChI=1S/C26H17N3S3/c1-14-11-21-25(30-14)26-22(31-21)13-20(32-26)15-7-9-27-18(12-15)23-24-17(8-10-28-23)16-5-3-4-6-19(16)29(24)2/h3-13H,1-2H3. The van der Waals surface area contributed by atoms with Crippen LogP contribution in [0.3, 0.4) is 0 Å². The predicted molar refractivity (Wildman–Crippen MR) is 140 cm³/mol. The highest BCUT2D eigenvalue weighted by Crippen LogP contribution is 2.46. The highest BCUT2D eigenvalue weighted by Gasteiger charge is 2.17. The van der Waals surface area contributed by atoms with Crippen molar-refractivity contribution >= 4 is 74.6 Å². The van der Waals surface area contributed by atoms with Crippen LogP contribution in [0.1, 0.15) is 4.88 Å². The van der Waals surface area contributed by atoms with Crippen LogP contribution in [0.4, 0.5) is 0 Å². The summed E-state index contributed by atoms with van der Waals surface area (Å²) in [5.74, 6) is 0. The van der Waals surface area contributed by atoms with Gasteiger partial charge in [0.15, 0.2) is 0 Å². The van der Waals surface area contributed by atoms with Crippen LogP contribution in [0.5, 0.6) is 0 Å². The number of fused-ring (bicyclic) bond motifs is 6. The fourth-order valence-corrected chi connectivity index (χ4v) is 8.55. The number of pyridine rings is 2. The van der Waals surface area contributed by atoms with Crippen LogP contribution in [0, 0.1) is 6.92 Å². The van der Waals surface area contributed by atoms with Gasteiger partial charge in [-0.25, -0.2) is 0 Å². The summed E-state index contributed by atoms with van der Waals surface area (Å²) in [6.07, 6.45) is 3.81. The number of benzene rings is 1. The molecule has 0 aliphatic heterocycles. The van der Waals surface area contributed by atoms with E-state index in [0.29, 0.717) is 0 Å². The third kappa shape index (κ3) is 2.57. The zero-order chi connectivity index (χ0) is 21.4. The van der Waals surface area contributed by atoms with Crippen molar-refractivity contribution in [3.63, 3.8) is 0 Å². The van der Waals surface area contributed by atoms with E-state index in [1.54, 1.807) is 0 Å². The van der Waals surface area contributed by atoms with E-state index in [0.717, 1.165) is 16.9 Å². The Morgan fingerprint density at radius 2 is 1.59 bits per heavy atom. The molecule has 0 fully saturated rings. The molecule has 0 spiro atoms. The zero-order valence-corrected chi connectivity index (χ0v) is 19.9. The topological polar surface area (TPSA) is 30.7 Å². The number of aromatic nitrogens is 3. The molecular weight excluding hydrogens is 451 g/mol. The van der Waals surface area contributed by atoms with Crippen LogP contribution >= 0.6 is 34.0 Å². The van der Waals surface area contributed by atoms with E-state index in [4.69, 9.17) is 9.97 Å². The number of hydrogen-bond acceptors (Lipinski definition) is 5. The summed E-state index contributed by atoms with van der Waals surface area (Å²) in [5.41, 5.74) is 5.37. The van der Waals surface area contributed by atoms with Gasteiger partial charge >= 0.3 is 0 Å². The molecule has 3 nitrogen and oxygen atoms in total. The molecule has 6 aromatic heterocycles. The Kier molecular flexibility index (Phi) is 3.89. The van der Waals surface area contributed by atoms with Gasteiger partial charge in [0.25, 0.3) is 0 Å². The highest BCUT2D eigenvalue weighted by atomic mass is 32.1. The minimum Gasteiger partial charge on any atom is -0.342 e. The molecule has 0 atom stereocenters. The summed E-state index contributed by atoms with van der Waals surface area (Å²) in [5, 5.41) is 2.46. The molecule has 0 radical (unpaired) electrons. The molecule has 7 rings (SSSR count). The fraction of sp³-hybridized carbons (Fsp3) is 0.0769. The van der Waals surface area contributed by atoms with Crippen molar-refractivity contribution in [1.82, 2.24) is 14.5 Å². The average molecular weight is 468 g/mol. The second-order valence-electron chi connectivity index (χ2n) is 8.02. The molecule has 0 aliphatic carbocycles. The van der Waals surface area contributed by atoms with Gasteiger partial charge in [0.2, 0.25) is 0 Å². The molecule has 0 saturated carbocycles. The Labute approximate surface area is 196 Å². The molecule has 7 aromatic rings. The second kappa shape index (κ2) is 6.72. The molecule has 0 bridgehead atoms. The van der Waals surface area contributed by atoms with Crippen molar-refractivity contribution in [2.75, 3.05) is 0 Å². The number of nitrogens with zero attached hydrogens (tertiary/aromatic N) is 3. The second-order valence-corrected chi connectivity index (χ2v) is 11.4. The van der Waals surface area contributed by atoms with E-state index in [1.807, 2.05) is 46.4 Å². The van der Waals surface area contributed by atoms with Gasteiger partial charge < -0.3 is 4.57 Å². The lowest BCUT2D eigenvalue weighted by Crippen LogP contribution is -1.94. The van der Waals surface area contributed by atoms with Gasteiger partial charge in [-0.05, 0) is 48.9 Å². The van der Waals surface area contributed by atoms with Crippen molar-refractivity contribution in [3.8, 4) is 21.8 Å². The van der Waals surface area contributed by atoms with Crippen LogP contribution in [0.25, 0.3) is 62.4 Å². The number of aryl methyl sites for hydroxylation is 2. The van der Waals surface area contributed by atoms with Crippen LogP contribution in [0.2, 0.25) is 0 Å². The van der Waals surface area contributed by atoms with Crippen LogP contribution in [0.15, 0.2) is 67.0 Å². The van der Waals surface area contributed by atoms with E-state index < -0.39 is 0 Å². The van der Waals surface area contributed by atoms with Gasteiger partial charge in [-0.2, -0.15) is 0 Å². The quantitative estimate of drug-likeness (QED) is 0.256. The highest BCUT2D eigenvalue weighted by molar-refractivity contribution is 7.39. The zero-order valence-electron chi connectivity index (χ0n) is 17.4. The van der Waals surface area contributed by atoms with Crippen molar-refractivity contribution in [2.24, 2.45) is 7.05 Å². The van der Waals surface area contributed by atoms with Crippen molar-refractivity contribution in [2.45, 2.75) is 6.92 Å². The normalized spacial score (nSPS) is 12.1. The number of para-hydroxylation sites is 1. The first kappa shape index (κ1) is 18.5. The first-order valence-corrected chi connectivity index (χ1v) is 12.8. The summed E-state index contributed by atoms with van der Waals surface area (Å²) >= 11 is 5.67. The van der Waals surface area contributed by atoms with Crippen LogP contribution in [-0.2, 0) is 7.05 Å². The van der Waals surface area contributed by atoms with Gasteiger partial charge in [0.1, 0.15) is 5.69 Å². The lowest BCUT2D eigenvalue weighted by atomic mass is 10.1. The van der Waals surface area contributed by atoms with Gasteiger partial charge in [-0.1, -0.05) is 18.2 Å². The van der Waals surface area contributed by atoms with E-state index in [2.05, 4.69) is 73.1 Å². The molecule has 0 N–H and O–H groups in total. The maximum absolute atomic E-state index is 4.77. The molecule has 154 valence electrons. The lowest BCUT2D eigenvalue weighted by Gasteiger charge is -2.06. The summed E-state index contributed by atoms with van der Waals surface area (Å²) in [6, 6.07) is 19.5. The molecule has 1 aromatic carbocycles. The van der Waals surface area contributed by atoms with E-state index >= 15 is 0 Å². The van der Waals surface area contributed by atoms with Crippen molar-refractivity contribution < 1.29 is 0 Å². The Morgan fingerprint density at radius 1 is 0.781 bits per heavy atom. The Morgan fingerprint density at radius 3 is 2.53 bits per heavy atom. The monoisotopic (exact) mass is 467 g/mol. The molecule has 32 heavy (non-hydrogen) atoms. The minimum atomic E-state index is 0.910. The Bertz CT molecular complexity index is 1810. The summed E-state index contributed by atoms with van der Waals surface area (Å²) in [7, 11) is 2.11. The largest absolute Gasteiger partial charge is 0.342 e. The van der Waals surface area contributed by atoms with E-state index in [-0.39, 0.29) is 0 Å². The van der Waals surface area contributed by atoms with Gasteiger partial charge in [-0.15, -0.1) is 34.0 Å². The lowest BCUT2D eigenvalue weighted by molar-refractivity contribution is 1.01. The van der Waals surface area contributed by atoms with Crippen molar-refractivity contribution in [1.29, 1.82) is 0 Å². The predicted octanol–water partition coefficient (Wildman–Crippen LogP) is 8.25. The van der Waals surface area contributed by atoms with E-state index in [1.165, 1.54) is 50.4 Å². The number of hydrogen-bond donors (Lipinski definition) is 0. The third-order valence-corrected chi connectivity index (χ3v) is 9.79. The smallest absolute Gasteiger partial charge is 0.113 e. The summed E-state index contributed by atoms with van der Waals surface area (Å²) in [4.78, 5) is 12.2. The first-order valence-electron chi connectivity index (χ1n) is 10.4. The first-order chi connectivity index (χ1) is 15.7. The SMILES string of the molecule is Cc1cc2sc3cc(-c4ccnc(-c5nccc6c7ccccc7n(C)c56)c4)sc3c2s1. The minimum absolute atomic E-state index is 0.910. The molecule has 0 amide bonds. The fourth-order valence-electron chi connectivity index (χ4n) is 4.62. The number of thiophene rings is 3. The van der Waals surface area contributed by atoms with E-state index in [9.17, 15) is 0 Å². The van der Waals surface area contributed by atoms with Gasteiger partial charge in [0.05, 0.1) is 20.6 Å². The maximum atomic E-state index is 4.77. The molecule has 0 aliphatic rings. The Hall–Kier alpha value is -3.06. The van der Waals surface area contributed by atoms with Crippen molar-refractivity contribution in [3.05, 3.63) is 71.9 Å². The molecule has 0 unspecified atom stereocenters. The molecule has 6 heteroatoms. The van der Waals surface area contributed by atoms with Gasteiger partial charge in [-0.3, -0.25) is 9.97 Å².